The van der Waals surface area contributed by atoms with Gasteiger partial charge in [-0.15, -0.1) is 0 Å². The van der Waals surface area contributed by atoms with Gasteiger partial charge < -0.3 is 4.57 Å². The monoisotopic (exact) mass is 265 g/mol. The lowest BCUT2D eigenvalue weighted by atomic mass is 10.00. The van der Waals surface area contributed by atoms with Crippen molar-refractivity contribution in [2.24, 2.45) is 7.05 Å². The van der Waals surface area contributed by atoms with Crippen molar-refractivity contribution in [1.29, 1.82) is 0 Å². The van der Waals surface area contributed by atoms with Crippen molar-refractivity contribution in [1.82, 2.24) is 4.57 Å². The number of rotatable bonds is 0. The zero-order valence-electron chi connectivity index (χ0n) is 11.9. The molecular weight excluding hydrogens is 249 g/mol. The Balaban J connectivity index is 2.13. The van der Waals surface area contributed by atoms with Crippen LogP contribution in [0.4, 0.5) is 4.39 Å². The summed E-state index contributed by atoms with van der Waals surface area (Å²) in [7, 11) is 2.08. The van der Waals surface area contributed by atoms with E-state index >= 15 is 0 Å². The third-order valence-electron chi connectivity index (χ3n) is 4.49. The highest BCUT2D eigenvalue weighted by molar-refractivity contribution is 5.95. The van der Waals surface area contributed by atoms with Crippen LogP contribution < -0.4 is 0 Å². The average molecular weight is 265 g/mol. The van der Waals surface area contributed by atoms with Crippen LogP contribution in [-0.2, 0) is 13.5 Å². The number of aromatic nitrogens is 1. The molecular formula is C18H16FN. The largest absolute Gasteiger partial charge is 0.343 e. The van der Waals surface area contributed by atoms with Gasteiger partial charge in [0.15, 0.2) is 0 Å². The quantitative estimate of drug-likeness (QED) is 0.441. The Morgan fingerprint density at radius 1 is 1.05 bits per heavy atom. The fourth-order valence-electron chi connectivity index (χ4n) is 3.64. The molecule has 0 fully saturated rings. The first-order valence-electron chi connectivity index (χ1n) is 6.93. The minimum Gasteiger partial charge on any atom is -0.343 e. The molecule has 1 aliphatic carbocycles. The summed E-state index contributed by atoms with van der Waals surface area (Å²) in [6.07, 6.45) is 0.914. The minimum absolute atomic E-state index is 0.158. The number of hydrogen-bond donors (Lipinski definition) is 0. The van der Waals surface area contributed by atoms with Crippen molar-refractivity contribution < 1.29 is 4.39 Å². The molecule has 1 aliphatic rings. The lowest BCUT2D eigenvalue weighted by Crippen LogP contribution is -1.94. The summed E-state index contributed by atoms with van der Waals surface area (Å²) in [4.78, 5) is 0. The fourth-order valence-corrected chi connectivity index (χ4v) is 3.64. The van der Waals surface area contributed by atoms with E-state index in [9.17, 15) is 4.39 Å². The molecule has 2 heteroatoms. The molecule has 20 heavy (non-hydrogen) atoms. The van der Waals surface area contributed by atoms with Crippen LogP contribution in [0.5, 0.6) is 0 Å². The summed E-state index contributed by atoms with van der Waals surface area (Å²) < 4.78 is 15.8. The lowest BCUT2D eigenvalue weighted by molar-refractivity contribution is 0.629. The first-order valence-corrected chi connectivity index (χ1v) is 6.93. The summed E-state index contributed by atoms with van der Waals surface area (Å²) in [5.41, 5.74) is 8.96. The third kappa shape index (κ3) is 1.36. The third-order valence-corrected chi connectivity index (χ3v) is 4.49. The second-order valence-electron chi connectivity index (χ2n) is 5.83. The van der Waals surface area contributed by atoms with Gasteiger partial charge in [0.25, 0.3) is 0 Å². The van der Waals surface area contributed by atoms with Gasteiger partial charge in [-0.1, -0.05) is 11.6 Å². The number of aryl methyl sites for hydroxylation is 3. The number of halogens is 1. The second kappa shape index (κ2) is 3.72. The topological polar surface area (TPSA) is 4.93 Å². The van der Waals surface area contributed by atoms with Crippen LogP contribution in [0.25, 0.3) is 22.2 Å². The fraction of sp³-hybridized carbons (Fsp3) is 0.222. The number of benzene rings is 2. The van der Waals surface area contributed by atoms with Crippen LogP contribution >= 0.6 is 0 Å². The molecule has 100 valence electrons. The standard InChI is InChI=1S/C18H16FN/c1-10-6-11(2)13-9-16-14-8-12(19)4-5-17(14)20(3)18(16)15(13)7-10/h4-8H,9H2,1-3H3. The molecule has 1 heterocycles. The number of nitrogens with zero attached hydrogens (tertiary/aromatic N) is 1. The van der Waals surface area contributed by atoms with E-state index in [1.807, 2.05) is 6.07 Å². The Bertz CT molecular complexity index is 871. The highest BCUT2D eigenvalue weighted by atomic mass is 19.1. The second-order valence-corrected chi connectivity index (χ2v) is 5.83. The van der Waals surface area contributed by atoms with Crippen molar-refractivity contribution in [3.8, 4) is 11.3 Å². The van der Waals surface area contributed by atoms with Gasteiger partial charge in [-0.3, -0.25) is 0 Å². The summed E-state index contributed by atoms with van der Waals surface area (Å²) in [5.74, 6) is -0.158. The van der Waals surface area contributed by atoms with Gasteiger partial charge in [0.2, 0.25) is 0 Å². The van der Waals surface area contributed by atoms with Crippen LogP contribution in [0, 0.1) is 19.7 Å². The summed E-state index contributed by atoms with van der Waals surface area (Å²) in [6, 6.07) is 9.57. The zero-order valence-corrected chi connectivity index (χ0v) is 11.9. The first kappa shape index (κ1) is 11.7. The van der Waals surface area contributed by atoms with Crippen LogP contribution in [0.15, 0.2) is 30.3 Å². The maximum absolute atomic E-state index is 13.6. The van der Waals surface area contributed by atoms with Gasteiger partial charge >= 0.3 is 0 Å². The van der Waals surface area contributed by atoms with Gasteiger partial charge in [-0.2, -0.15) is 0 Å². The Labute approximate surface area is 117 Å². The van der Waals surface area contributed by atoms with Crippen molar-refractivity contribution in [2.45, 2.75) is 20.3 Å². The molecule has 1 nitrogen and oxygen atoms in total. The van der Waals surface area contributed by atoms with E-state index in [0.29, 0.717) is 0 Å². The van der Waals surface area contributed by atoms with E-state index in [1.54, 1.807) is 12.1 Å². The molecule has 0 unspecified atom stereocenters. The summed E-state index contributed by atoms with van der Waals surface area (Å²) in [6.45, 7) is 4.30. The average Bonchev–Trinajstić information content (AvgIpc) is 2.88. The Hall–Kier alpha value is -2.09. The van der Waals surface area contributed by atoms with E-state index in [-0.39, 0.29) is 5.82 Å². The molecule has 0 saturated heterocycles. The zero-order chi connectivity index (χ0) is 14.0. The van der Waals surface area contributed by atoms with Crippen LogP contribution in [0.3, 0.4) is 0 Å². The maximum atomic E-state index is 13.6. The summed E-state index contributed by atoms with van der Waals surface area (Å²) in [5, 5.41) is 1.05. The van der Waals surface area contributed by atoms with Gasteiger partial charge in [0, 0.05) is 29.9 Å². The highest BCUT2D eigenvalue weighted by Crippen LogP contribution is 2.43. The Kier molecular flexibility index (Phi) is 2.18. The van der Waals surface area contributed by atoms with Gasteiger partial charge in [0.1, 0.15) is 5.82 Å². The van der Waals surface area contributed by atoms with E-state index in [0.717, 1.165) is 17.3 Å². The predicted octanol–water partition coefficient (Wildman–Crippen LogP) is 4.51. The van der Waals surface area contributed by atoms with E-state index in [4.69, 9.17) is 0 Å². The van der Waals surface area contributed by atoms with Crippen LogP contribution in [0.1, 0.15) is 22.3 Å². The molecule has 0 saturated carbocycles. The van der Waals surface area contributed by atoms with Crippen molar-refractivity contribution in [3.63, 3.8) is 0 Å². The minimum atomic E-state index is -0.158. The van der Waals surface area contributed by atoms with E-state index in [1.165, 1.54) is 33.5 Å². The molecule has 2 aromatic carbocycles. The van der Waals surface area contributed by atoms with Crippen molar-refractivity contribution in [2.75, 3.05) is 0 Å². The Morgan fingerprint density at radius 3 is 2.65 bits per heavy atom. The Morgan fingerprint density at radius 2 is 1.85 bits per heavy atom. The molecule has 0 radical (unpaired) electrons. The molecule has 0 amide bonds. The van der Waals surface area contributed by atoms with E-state index < -0.39 is 0 Å². The van der Waals surface area contributed by atoms with E-state index in [2.05, 4.69) is 37.6 Å². The van der Waals surface area contributed by atoms with Gasteiger partial charge in [-0.25, -0.2) is 4.39 Å². The maximum Gasteiger partial charge on any atom is 0.123 e. The molecule has 0 atom stereocenters. The summed E-state index contributed by atoms with van der Waals surface area (Å²) >= 11 is 0. The molecule has 0 bridgehead atoms. The van der Waals surface area contributed by atoms with Gasteiger partial charge in [0.05, 0.1) is 5.69 Å². The molecule has 3 aromatic rings. The molecule has 1 aromatic heterocycles. The predicted molar refractivity (Wildman–Crippen MR) is 80.6 cm³/mol. The highest BCUT2D eigenvalue weighted by Gasteiger charge is 2.26. The lowest BCUT2D eigenvalue weighted by Gasteiger charge is -2.09. The molecule has 0 spiro atoms. The molecule has 0 N–H and O–H groups in total. The molecule has 4 rings (SSSR count). The number of fused-ring (bicyclic) bond motifs is 5. The smallest absolute Gasteiger partial charge is 0.123 e. The number of hydrogen-bond acceptors (Lipinski definition) is 0. The SMILES string of the molecule is Cc1cc(C)c2c(c1)-c1c(c3cc(F)ccc3n1C)C2. The van der Waals surface area contributed by atoms with Gasteiger partial charge in [-0.05, 0) is 54.8 Å². The van der Waals surface area contributed by atoms with Crippen molar-refractivity contribution >= 4 is 10.9 Å². The first-order chi connectivity index (χ1) is 9.56. The normalized spacial score (nSPS) is 12.8. The van der Waals surface area contributed by atoms with Crippen molar-refractivity contribution in [3.05, 3.63) is 58.4 Å². The molecule has 0 aliphatic heterocycles. The van der Waals surface area contributed by atoms with Crippen LogP contribution in [-0.4, -0.2) is 4.57 Å². The van der Waals surface area contributed by atoms with Crippen LogP contribution in [0.2, 0.25) is 0 Å².